The molecule has 1 aliphatic rings. The van der Waals surface area contributed by atoms with Gasteiger partial charge in [0.1, 0.15) is 5.78 Å². The molecule has 2 nitrogen and oxygen atoms in total. The fourth-order valence-electron chi connectivity index (χ4n) is 1.54. The standard InChI is InChI=1S/C8H12O2S/c9-7(5-8(10)11)6-3-1-2-4-6/h6H,1-5H2,(H,10,11). The Bertz CT molecular complexity index is 171. The maximum absolute atomic E-state index is 11.2. The summed E-state index contributed by atoms with van der Waals surface area (Å²) >= 11 is 4.44. The minimum absolute atomic E-state index is 0.0833. The van der Waals surface area contributed by atoms with Crippen LogP contribution in [0.2, 0.25) is 0 Å². The van der Waals surface area contributed by atoms with E-state index in [4.69, 9.17) is 5.11 Å². The van der Waals surface area contributed by atoms with Gasteiger partial charge in [-0.1, -0.05) is 12.8 Å². The Hall–Kier alpha value is -0.440. The average molecular weight is 172 g/mol. The van der Waals surface area contributed by atoms with Crippen molar-refractivity contribution in [2.24, 2.45) is 5.92 Å². The number of rotatable bonds is 3. The first-order valence-corrected chi connectivity index (χ1v) is 4.35. The zero-order valence-electron chi connectivity index (χ0n) is 6.38. The normalized spacial score (nSPS) is 18.5. The molecule has 1 N–H and O–H groups in total. The van der Waals surface area contributed by atoms with Gasteiger partial charge in [0.15, 0.2) is 5.05 Å². The summed E-state index contributed by atoms with van der Waals surface area (Å²) < 4.78 is 0. The van der Waals surface area contributed by atoms with E-state index in [1.54, 1.807) is 0 Å². The number of Topliss-reactive ketones (excluding diaryl/α,β-unsaturated/α-hetero) is 1. The Balaban J connectivity index is 2.34. The molecule has 62 valence electrons. The lowest BCUT2D eigenvalue weighted by Gasteiger charge is -2.04. The van der Waals surface area contributed by atoms with Crippen LogP contribution in [0, 0.1) is 5.92 Å². The average Bonchev–Trinajstić information content (AvgIpc) is 2.35. The molecule has 0 aromatic rings. The van der Waals surface area contributed by atoms with Crippen molar-refractivity contribution in [2.45, 2.75) is 32.1 Å². The van der Waals surface area contributed by atoms with Crippen molar-refractivity contribution in [1.29, 1.82) is 0 Å². The number of hydrogen-bond donors (Lipinski definition) is 1. The molecule has 0 aliphatic heterocycles. The van der Waals surface area contributed by atoms with Crippen LogP contribution in [0.15, 0.2) is 0 Å². The summed E-state index contributed by atoms with van der Waals surface area (Å²) in [6, 6.07) is 0. The molecule has 1 aliphatic carbocycles. The van der Waals surface area contributed by atoms with Gasteiger partial charge in [-0.15, -0.1) is 0 Å². The van der Waals surface area contributed by atoms with Crippen LogP contribution in [0.25, 0.3) is 0 Å². The number of carbonyl (C=O) groups is 1. The highest BCUT2D eigenvalue weighted by molar-refractivity contribution is 7.80. The van der Waals surface area contributed by atoms with Gasteiger partial charge in [0, 0.05) is 5.92 Å². The largest absolute Gasteiger partial charge is 0.502 e. The van der Waals surface area contributed by atoms with Gasteiger partial charge in [-0.05, 0) is 25.1 Å². The molecule has 1 fully saturated rings. The highest BCUT2D eigenvalue weighted by Gasteiger charge is 2.22. The van der Waals surface area contributed by atoms with Crippen molar-refractivity contribution in [3.8, 4) is 0 Å². The van der Waals surface area contributed by atoms with Crippen molar-refractivity contribution in [1.82, 2.24) is 0 Å². The van der Waals surface area contributed by atoms with Gasteiger partial charge in [0.05, 0.1) is 6.42 Å². The molecule has 0 saturated heterocycles. The van der Waals surface area contributed by atoms with E-state index >= 15 is 0 Å². The molecular weight excluding hydrogens is 160 g/mol. The molecule has 0 spiro atoms. The van der Waals surface area contributed by atoms with E-state index in [0.29, 0.717) is 0 Å². The fraction of sp³-hybridized carbons (Fsp3) is 0.750. The van der Waals surface area contributed by atoms with Crippen molar-refractivity contribution in [3.63, 3.8) is 0 Å². The lowest BCUT2D eigenvalue weighted by atomic mass is 10.0. The Morgan fingerprint density at radius 2 is 2.00 bits per heavy atom. The molecule has 0 atom stereocenters. The van der Waals surface area contributed by atoms with E-state index in [2.05, 4.69) is 12.2 Å². The number of aliphatic hydroxyl groups is 1. The van der Waals surface area contributed by atoms with E-state index in [1.165, 1.54) is 0 Å². The second-order valence-electron chi connectivity index (χ2n) is 3.02. The third kappa shape index (κ3) is 2.58. The van der Waals surface area contributed by atoms with E-state index in [0.717, 1.165) is 25.7 Å². The van der Waals surface area contributed by atoms with Crippen molar-refractivity contribution < 1.29 is 9.90 Å². The van der Waals surface area contributed by atoms with Gasteiger partial charge in [-0.25, -0.2) is 0 Å². The highest BCUT2D eigenvalue weighted by atomic mass is 32.1. The molecule has 1 rings (SSSR count). The quantitative estimate of drug-likeness (QED) is 0.662. The lowest BCUT2D eigenvalue weighted by Crippen LogP contribution is -2.13. The zero-order valence-corrected chi connectivity index (χ0v) is 7.19. The van der Waals surface area contributed by atoms with Crippen LogP contribution in [-0.4, -0.2) is 15.9 Å². The molecule has 1 saturated carbocycles. The van der Waals surface area contributed by atoms with Crippen LogP contribution < -0.4 is 0 Å². The van der Waals surface area contributed by atoms with E-state index in [-0.39, 0.29) is 23.2 Å². The van der Waals surface area contributed by atoms with Gasteiger partial charge < -0.3 is 5.11 Å². The van der Waals surface area contributed by atoms with Gasteiger partial charge >= 0.3 is 0 Å². The summed E-state index contributed by atoms with van der Waals surface area (Å²) in [5, 5.41) is 8.53. The maximum atomic E-state index is 11.2. The van der Waals surface area contributed by atoms with Crippen LogP contribution in [0.5, 0.6) is 0 Å². The number of thiocarbonyl (C=S) groups is 1. The van der Waals surface area contributed by atoms with Gasteiger partial charge in [0.25, 0.3) is 0 Å². The molecule has 11 heavy (non-hydrogen) atoms. The zero-order chi connectivity index (χ0) is 8.27. The van der Waals surface area contributed by atoms with E-state index < -0.39 is 0 Å². The van der Waals surface area contributed by atoms with Crippen molar-refractivity contribution in [3.05, 3.63) is 0 Å². The monoisotopic (exact) mass is 172 g/mol. The first-order valence-electron chi connectivity index (χ1n) is 3.94. The molecule has 0 radical (unpaired) electrons. The van der Waals surface area contributed by atoms with Crippen LogP contribution in [0.4, 0.5) is 0 Å². The summed E-state index contributed by atoms with van der Waals surface area (Å²) in [6.07, 6.45) is 4.35. The molecular formula is C8H12O2S. The van der Waals surface area contributed by atoms with Crippen molar-refractivity contribution >= 4 is 23.1 Å². The topological polar surface area (TPSA) is 37.3 Å². The Morgan fingerprint density at radius 3 is 2.45 bits per heavy atom. The second kappa shape index (κ2) is 3.81. The molecule has 0 aromatic heterocycles. The van der Waals surface area contributed by atoms with Crippen LogP contribution in [0.1, 0.15) is 32.1 Å². The number of ketones is 1. The molecule has 0 heterocycles. The van der Waals surface area contributed by atoms with Crippen molar-refractivity contribution in [2.75, 3.05) is 0 Å². The van der Waals surface area contributed by atoms with E-state index in [9.17, 15) is 4.79 Å². The molecule has 0 bridgehead atoms. The number of hydrogen-bond acceptors (Lipinski definition) is 2. The first kappa shape index (κ1) is 8.65. The molecule has 3 heteroatoms. The summed E-state index contributed by atoms with van der Waals surface area (Å²) in [7, 11) is 0. The van der Waals surface area contributed by atoms with Crippen LogP contribution in [-0.2, 0) is 4.79 Å². The Labute approximate surface area is 71.6 Å². The summed E-state index contributed by atoms with van der Waals surface area (Å²) in [6.45, 7) is 0. The number of aliphatic hydroxyl groups excluding tert-OH is 1. The Morgan fingerprint density at radius 1 is 1.45 bits per heavy atom. The third-order valence-electron chi connectivity index (χ3n) is 2.14. The highest BCUT2D eigenvalue weighted by Crippen LogP contribution is 2.26. The van der Waals surface area contributed by atoms with Crippen LogP contribution >= 0.6 is 12.2 Å². The predicted octanol–water partition coefficient (Wildman–Crippen LogP) is 2.02. The first-order chi connectivity index (χ1) is 5.20. The fourth-order valence-corrected chi connectivity index (χ4v) is 1.68. The number of carbonyl (C=O) groups excluding carboxylic acids is 1. The SMILES string of the molecule is O=C(CC(O)=S)C1CCCC1. The lowest BCUT2D eigenvalue weighted by molar-refractivity contribution is -0.121. The maximum Gasteiger partial charge on any atom is 0.164 e. The molecule has 0 aromatic carbocycles. The minimum Gasteiger partial charge on any atom is -0.502 e. The van der Waals surface area contributed by atoms with E-state index in [1.807, 2.05) is 0 Å². The van der Waals surface area contributed by atoms with Crippen LogP contribution in [0.3, 0.4) is 0 Å². The van der Waals surface area contributed by atoms with Gasteiger partial charge in [-0.3, -0.25) is 4.79 Å². The molecule has 0 unspecified atom stereocenters. The predicted molar refractivity (Wildman–Crippen MR) is 46.8 cm³/mol. The second-order valence-corrected chi connectivity index (χ2v) is 3.49. The smallest absolute Gasteiger partial charge is 0.164 e. The van der Waals surface area contributed by atoms with Gasteiger partial charge in [0.2, 0.25) is 0 Å². The summed E-state index contributed by atoms with van der Waals surface area (Å²) in [4.78, 5) is 11.2. The van der Waals surface area contributed by atoms with Gasteiger partial charge in [-0.2, -0.15) is 0 Å². The summed E-state index contributed by atoms with van der Waals surface area (Å²) in [5.74, 6) is 0.301. The molecule has 0 amide bonds. The third-order valence-corrected chi connectivity index (χ3v) is 2.28. The summed E-state index contributed by atoms with van der Waals surface area (Å²) in [5.41, 5.74) is 0. The Kier molecular flexibility index (Phi) is 3.00. The minimum atomic E-state index is -0.165.